The second-order valence-electron chi connectivity index (χ2n) is 6.69. The number of likely N-dealkylation sites (N-methyl/N-ethyl adjacent to an activating group) is 1. The Kier molecular flexibility index (Phi) is 4.90. The minimum atomic E-state index is -0.304. The van der Waals surface area contributed by atoms with Crippen molar-refractivity contribution in [2.75, 3.05) is 33.2 Å². The van der Waals surface area contributed by atoms with E-state index < -0.39 is 0 Å². The summed E-state index contributed by atoms with van der Waals surface area (Å²) in [5.74, 6) is -0.157. The summed E-state index contributed by atoms with van der Waals surface area (Å²) in [6.07, 6.45) is 2.42. The molecule has 2 fully saturated rings. The quantitative estimate of drug-likeness (QED) is 0.897. The number of hydrogen-bond acceptors (Lipinski definition) is 3. The summed E-state index contributed by atoms with van der Waals surface area (Å²) in [4.78, 5) is 16.4. The fourth-order valence-electron chi connectivity index (χ4n) is 3.70. The molecule has 1 N–H and O–H groups in total. The lowest BCUT2D eigenvalue weighted by Crippen LogP contribution is -2.60. The Balaban J connectivity index is 1.73. The van der Waals surface area contributed by atoms with Gasteiger partial charge in [0.2, 0.25) is 5.91 Å². The van der Waals surface area contributed by atoms with Crippen LogP contribution in [0.3, 0.4) is 0 Å². The Morgan fingerprint density at radius 3 is 2.96 bits per heavy atom. The summed E-state index contributed by atoms with van der Waals surface area (Å²) in [5.41, 5.74) is 0.986. The smallest absolute Gasteiger partial charge is 0.220 e. The van der Waals surface area contributed by atoms with Gasteiger partial charge in [0.15, 0.2) is 0 Å². The Labute approximate surface area is 141 Å². The lowest BCUT2D eigenvalue weighted by atomic mass is 9.86. The van der Waals surface area contributed by atoms with Crippen LogP contribution in [0.1, 0.15) is 24.8 Å². The Bertz CT molecular complexity index is 597. The molecule has 1 aromatic carbocycles. The maximum absolute atomic E-state index is 13.2. The highest BCUT2D eigenvalue weighted by atomic mass is 35.5. The van der Waals surface area contributed by atoms with E-state index in [2.05, 4.69) is 22.2 Å². The van der Waals surface area contributed by atoms with Gasteiger partial charge in [0.1, 0.15) is 5.82 Å². The van der Waals surface area contributed by atoms with Gasteiger partial charge in [0.25, 0.3) is 0 Å². The Morgan fingerprint density at radius 1 is 1.35 bits per heavy atom. The van der Waals surface area contributed by atoms with Crippen LogP contribution in [-0.4, -0.2) is 54.5 Å². The number of carbonyl (C=O) groups is 1. The first kappa shape index (κ1) is 16.7. The molecular formula is C17H23ClFN3O. The number of halogens is 2. The van der Waals surface area contributed by atoms with E-state index in [4.69, 9.17) is 11.6 Å². The monoisotopic (exact) mass is 339 g/mol. The summed E-state index contributed by atoms with van der Waals surface area (Å²) < 4.78 is 13.2. The van der Waals surface area contributed by atoms with Gasteiger partial charge in [-0.05, 0) is 37.6 Å². The van der Waals surface area contributed by atoms with Crippen molar-refractivity contribution < 1.29 is 9.18 Å². The van der Waals surface area contributed by atoms with Gasteiger partial charge in [-0.3, -0.25) is 14.6 Å². The fourth-order valence-corrected chi connectivity index (χ4v) is 3.93. The Hall–Kier alpha value is -1.17. The van der Waals surface area contributed by atoms with Crippen LogP contribution < -0.4 is 5.32 Å². The molecule has 1 aromatic rings. The van der Waals surface area contributed by atoms with Gasteiger partial charge in [0.05, 0.1) is 0 Å². The fraction of sp³-hybridized carbons (Fsp3) is 0.588. The molecule has 0 radical (unpaired) electrons. The molecule has 4 nitrogen and oxygen atoms in total. The van der Waals surface area contributed by atoms with Crippen molar-refractivity contribution in [3.8, 4) is 0 Å². The molecule has 1 amide bonds. The molecule has 6 heteroatoms. The molecule has 23 heavy (non-hydrogen) atoms. The van der Waals surface area contributed by atoms with E-state index in [9.17, 15) is 9.18 Å². The number of carbonyl (C=O) groups excluding carboxylic acids is 1. The second kappa shape index (κ2) is 6.75. The van der Waals surface area contributed by atoms with Gasteiger partial charge in [0, 0.05) is 49.7 Å². The zero-order valence-corrected chi connectivity index (χ0v) is 14.2. The van der Waals surface area contributed by atoms with E-state index >= 15 is 0 Å². The molecule has 0 bridgehead atoms. The molecule has 0 unspecified atom stereocenters. The average Bonchev–Trinajstić information content (AvgIpc) is 2.69. The minimum Gasteiger partial charge on any atom is -0.356 e. The van der Waals surface area contributed by atoms with Crippen LogP contribution in [0, 0.1) is 5.82 Å². The number of hydrogen-bond donors (Lipinski definition) is 1. The van der Waals surface area contributed by atoms with Crippen LogP contribution in [0.2, 0.25) is 5.02 Å². The molecule has 126 valence electrons. The minimum absolute atomic E-state index is 0.0317. The third kappa shape index (κ3) is 3.67. The van der Waals surface area contributed by atoms with Gasteiger partial charge in [-0.1, -0.05) is 17.7 Å². The molecule has 2 aliphatic heterocycles. The number of amides is 1. The first-order valence-electron chi connectivity index (χ1n) is 8.13. The summed E-state index contributed by atoms with van der Waals surface area (Å²) >= 11 is 6.17. The van der Waals surface area contributed by atoms with Gasteiger partial charge < -0.3 is 5.32 Å². The zero-order chi connectivity index (χ0) is 16.4. The summed E-state index contributed by atoms with van der Waals surface area (Å²) in [5, 5.41) is 3.45. The van der Waals surface area contributed by atoms with Crippen molar-refractivity contribution in [2.24, 2.45) is 0 Å². The molecule has 0 aromatic heterocycles. The number of nitrogens with one attached hydrogen (secondary N) is 1. The molecule has 2 saturated heterocycles. The highest BCUT2D eigenvalue weighted by Crippen LogP contribution is 2.31. The molecule has 2 heterocycles. The maximum Gasteiger partial charge on any atom is 0.220 e. The van der Waals surface area contributed by atoms with Gasteiger partial charge >= 0.3 is 0 Å². The van der Waals surface area contributed by atoms with Crippen LogP contribution in [0.4, 0.5) is 4.39 Å². The summed E-state index contributed by atoms with van der Waals surface area (Å²) in [7, 11) is 2.15. The van der Waals surface area contributed by atoms with Crippen molar-refractivity contribution >= 4 is 17.5 Å². The normalized spacial score (nSPS) is 27.0. The van der Waals surface area contributed by atoms with Crippen molar-refractivity contribution in [3.05, 3.63) is 34.6 Å². The predicted octanol–water partition coefficient (Wildman–Crippen LogP) is 2.27. The van der Waals surface area contributed by atoms with Crippen molar-refractivity contribution in [2.45, 2.75) is 31.3 Å². The molecular weight excluding hydrogens is 317 g/mol. The van der Waals surface area contributed by atoms with Crippen molar-refractivity contribution in [1.29, 1.82) is 0 Å². The van der Waals surface area contributed by atoms with E-state index in [1.54, 1.807) is 6.07 Å². The highest BCUT2D eigenvalue weighted by Gasteiger charge is 2.40. The standard InChI is InChI=1S/C17H23ClFN3O/c1-21-8-9-22(11-13-2-3-14(19)10-15(13)18)12-17(21)5-4-16(23)20-7-6-17/h2-3,10H,4-9,11-12H2,1H3,(H,20,23)/t17-/m0/s1. The van der Waals surface area contributed by atoms with Crippen LogP contribution >= 0.6 is 11.6 Å². The zero-order valence-electron chi connectivity index (χ0n) is 13.4. The molecule has 0 saturated carbocycles. The second-order valence-corrected chi connectivity index (χ2v) is 7.10. The van der Waals surface area contributed by atoms with Crippen LogP contribution in [0.15, 0.2) is 18.2 Å². The molecule has 1 atom stereocenters. The molecule has 0 aliphatic carbocycles. The highest BCUT2D eigenvalue weighted by molar-refractivity contribution is 6.31. The number of nitrogens with zero attached hydrogens (tertiary/aromatic N) is 2. The number of piperazine rings is 1. The van der Waals surface area contributed by atoms with Gasteiger partial charge in [-0.2, -0.15) is 0 Å². The molecule has 3 rings (SSSR count). The summed E-state index contributed by atoms with van der Waals surface area (Å²) in [6.45, 7) is 4.27. The topological polar surface area (TPSA) is 35.6 Å². The van der Waals surface area contributed by atoms with E-state index in [-0.39, 0.29) is 17.3 Å². The van der Waals surface area contributed by atoms with E-state index in [0.717, 1.165) is 51.1 Å². The number of rotatable bonds is 2. The van der Waals surface area contributed by atoms with Crippen LogP contribution in [0.25, 0.3) is 0 Å². The van der Waals surface area contributed by atoms with Crippen molar-refractivity contribution in [3.63, 3.8) is 0 Å². The predicted molar refractivity (Wildman–Crippen MR) is 88.9 cm³/mol. The first-order chi connectivity index (χ1) is 11.0. The van der Waals surface area contributed by atoms with Crippen LogP contribution in [-0.2, 0) is 11.3 Å². The van der Waals surface area contributed by atoms with Gasteiger partial charge in [-0.15, -0.1) is 0 Å². The lowest BCUT2D eigenvalue weighted by Gasteiger charge is -2.49. The third-order valence-electron chi connectivity index (χ3n) is 5.22. The summed E-state index contributed by atoms with van der Waals surface area (Å²) in [6, 6.07) is 4.60. The number of benzene rings is 1. The van der Waals surface area contributed by atoms with Crippen molar-refractivity contribution in [1.82, 2.24) is 15.1 Å². The SMILES string of the molecule is CN1CCN(Cc2ccc(F)cc2Cl)C[C@]12CCNC(=O)CC2. The first-order valence-corrected chi connectivity index (χ1v) is 8.51. The maximum atomic E-state index is 13.2. The van der Waals surface area contributed by atoms with Crippen LogP contribution in [0.5, 0.6) is 0 Å². The van der Waals surface area contributed by atoms with E-state index in [1.165, 1.54) is 12.1 Å². The largest absolute Gasteiger partial charge is 0.356 e. The Morgan fingerprint density at radius 2 is 2.17 bits per heavy atom. The van der Waals surface area contributed by atoms with E-state index in [1.807, 2.05) is 0 Å². The molecule has 1 spiro atoms. The average molecular weight is 340 g/mol. The molecule has 2 aliphatic rings. The lowest BCUT2D eigenvalue weighted by molar-refractivity contribution is -0.121. The third-order valence-corrected chi connectivity index (χ3v) is 5.57. The van der Waals surface area contributed by atoms with E-state index in [0.29, 0.717) is 11.4 Å². The van der Waals surface area contributed by atoms with Gasteiger partial charge in [-0.25, -0.2) is 4.39 Å².